The molecular weight excluding hydrogens is 368 g/mol. The Morgan fingerprint density at radius 2 is 1.43 bits per heavy atom. The Morgan fingerprint density at radius 1 is 0.893 bits per heavy atom. The third kappa shape index (κ3) is 3.23. The van der Waals surface area contributed by atoms with E-state index in [-0.39, 0.29) is 0 Å². The average molecular weight is 403 g/mol. The zero-order chi connectivity index (χ0) is 19.4. The van der Waals surface area contributed by atoms with Gasteiger partial charge >= 0.3 is 0 Å². The highest BCUT2D eigenvalue weighted by atomic mass is 32.2. The topological polar surface area (TPSA) is 40.6 Å². The molecule has 1 saturated heterocycles. The number of piperazine rings is 1. The van der Waals surface area contributed by atoms with Crippen molar-refractivity contribution in [1.82, 2.24) is 9.21 Å². The maximum Gasteiger partial charge on any atom is 0.243 e. The molecule has 6 rings (SSSR count). The van der Waals surface area contributed by atoms with E-state index in [9.17, 15) is 8.42 Å². The van der Waals surface area contributed by atoms with Gasteiger partial charge < -0.3 is 0 Å². The van der Waals surface area contributed by atoms with Gasteiger partial charge in [-0.1, -0.05) is 25.5 Å². The van der Waals surface area contributed by atoms with E-state index in [4.69, 9.17) is 0 Å². The summed E-state index contributed by atoms with van der Waals surface area (Å²) in [4.78, 5) is 3.14. The van der Waals surface area contributed by atoms with E-state index in [1.54, 1.807) is 16.4 Å². The van der Waals surface area contributed by atoms with Crippen molar-refractivity contribution < 1.29 is 8.42 Å². The number of rotatable bonds is 5. The van der Waals surface area contributed by atoms with Crippen LogP contribution in [0.25, 0.3) is 0 Å². The van der Waals surface area contributed by atoms with Crippen LogP contribution in [0.5, 0.6) is 0 Å². The highest BCUT2D eigenvalue weighted by Crippen LogP contribution is 2.57. The highest BCUT2D eigenvalue weighted by Gasteiger charge is 2.53. The molecule has 4 aliphatic carbocycles. The summed E-state index contributed by atoms with van der Waals surface area (Å²) in [6.45, 7) is 5.23. The summed E-state index contributed by atoms with van der Waals surface area (Å²) in [5.74, 6) is 2.82. The number of sulfonamides is 1. The van der Waals surface area contributed by atoms with Gasteiger partial charge in [0.05, 0.1) is 4.90 Å². The van der Waals surface area contributed by atoms with Crippen LogP contribution in [-0.4, -0.2) is 49.3 Å². The molecule has 5 heteroatoms. The minimum Gasteiger partial charge on any atom is -0.295 e. The predicted molar refractivity (Wildman–Crippen MR) is 112 cm³/mol. The fourth-order valence-electron chi connectivity index (χ4n) is 7.12. The van der Waals surface area contributed by atoms with Crippen LogP contribution >= 0.6 is 0 Å². The van der Waals surface area contributed by atoms with Gasteiger partial charge in [-0.25, -0.2) is 8.42 Å². The molecule has 0 unspecified atom stereocenters. The molecule has 1 aliphatic heterocycles. The third-order valence-electron chi connectivity index (χ3n) is 8.02. The van der Waals surface area contributed by atoms with Gasteiger partial charge in [0.25, 0.3) is 0 Å². The first kappa shape index (κ1) is 19.1. The minimum atomic E-state index is -3.37. The summed E-state index contributed by atoms with van der Waals surface area (Å²) in [6, 6.07) is 7.54. The van der Waals surface area contributed by atoms with Gasteiger partial charge in [-0.2, -0.15) is 4.31 Å². The molecule has 0 atom stereocenters. The molecule has 154 valence electrons. The molecule has 0 radical (unpaired) electrons. The van der Waals surface area contributed by atoms with E-state index < -0.39 is 10.0 Å². The van der Waals surface area contributed by atoms with E-state index in [1.807, 2.05) is 12.1 Å². The Labute approximate surface area is 170 Å². The molecular formula is C23H34N2O2S. The molecule has 1 aromatic rings. The summed E-state index contributed by atoms with van der Waals surface area (Å²) in [6.07, 6.45) is 10.6. The standard InChI is InChI=1S/C23H34N2O2S/c1-2-3-18-4-6-22(7-5-18)28(26,27)25-10-8-24(9-11-25)23-15-19-12-20(16-23)14-21(13-19)17-23/h4-7,19-21H,2-3,8-17H2,1H3. The molecule has 0 amide bonds. The molecule has 5 fully saturated rings. The monoisotopic (exact) mass is 402 g/mol. The van der Waals surface area contributed by atoms with E-state index in [1.165, 1.54) is 44.1 Å². The smallest absolute Gasteiger partial charge is 0.243 e. The lowest BCUT2D eigenvalue weighted by molar-refractivity contribution is -0.0964. The van der Waals surface area contributed by atoms with Crippen molar-refractivity contribution in [3.05, 3.63) is 29.8 Å². The van der Waals surface area contributed by atoms with Crippen molar-refractivity contribution in [2.75, 3.05) is 26.2 Å². The van der Waals surface area contributed by atoms with Crippen LogP contribution in [0.15, 0.2) is 29.2 Å². The second-order valence-electron chi connectivity index (χ2n) is 9.93. The van der Waals surface area contributed by atoms with Crippen LogP contribution in [0, 0.1) is 17.8 Å². The second-order valence-corrected chi connectivity index (χ2v) is 11.9. The Kier molecular flexibility index (Phi) is 4.84. The summed E-state index contributed by atoms with van der Waals surface area (Å²) >= 11 is 0. The summed E-state index contributed by atoms with van der Waals surface area (Å²) < 4.78 is 28.0. The molecule has 0 aromatic heterocycles. The summed E-state index contributed by atoms with van der Waals surface area (Å²) in [5, 5.41) is 0. The Bertz CT molecular complexity index is 774. The Morgan fingerprint density at radius 3 is 1.93 bits per heavy atom. The molecule has 1 aromatic carbocycles. The van der Waals surface area contributed by atoms with Crippen molar-refractivity contribution in [3.63, 3.8) is 0 Å². The minimum absolute atomic E-state index is 0.395. The van der Waals surface area contributed by atoms with Crippen LogP contribution in [0.2, 0.25) is 0 Å². The zero-order valence-electron chi connectivity index (χ0n) is 17.1. The number of benzene rings is 1. The van der Waals surface area contributed by atoms with Crippen LogP contribution < -0.4 is 0 Å². The van der Waals surface area contributed by atoms with E-state index in [2.05, 4.69) is 11.8 Å². The third-order valence-corrected chi connectivity index (χ3v) is 9.93. The van der Waals surface area contributed by atoms with E-state index >= 15 is 0 Å². The van der Waals surface area contributed by atoms with Gasteiger partial charge in [-0.15, -0.1) is 0 Å². The van der Waals surface area contributed by atoms with E-state index in [0.29, 0.717) is 23.5 Å². The number of aryl methyl sites for hydroxylation is 1. The molecule has 4 bridgehead atoms. The van der Waals surface area contributed by atoms with Gasteiger partial charge in [0.2, 0.25) is 10.0 Å². The number of hydrogen-bond donors (Lipinski definition) is 0. The molecule has 4 nitrogen and oxygen atoms in total. The van der Waals surface area contributed by atoms with Gasteiger partial charge in [-0.05, 0) is 80.4 Å². The van der Waals surface area contributed by atoms with Gasteiger partial charge in [0.15, 0.2) is 0 Å². The number of nitrogens with zero attached hydrogens (tertiary/aromatic N) is 2. The normalized spacial score (nSPS) is 36.1. The van der Waals surface area contributed by atoms with Crippen LogP contribution in [0.4, 0.5) is 0 Å². The first-order chi connectivity index (χ1) is 13.5. The maximum absolute atomic E-state index is 13.1. The van der Waals surface area contributed by atoms with Gasteiger partial charge in [-0.3, -0.25) is 4.90 Å². The Balaban J connectivity index is 1.27. The SMILES string of the molecule is CCCc1ccc(S(=O)(=O)N2CCN(C34CC5CC(CC(C5)C3)C4)CC2)cc1. The quantitative estimate of drug-likeness (QED) is 0.750. The van der Waals surface area contributed by atoms with Crippen LogP contribution in [-0.2, 0) is 16.4 Å². The van der Waals surface area contributed by atoms with Crippen molar-refractivity contribution >= 4 is 10.0 Å². The van der Waals surface area contributed by atoms with E-state index in [0.717, 1.165) is 43.7 Å². The first-order valence-corrected chi connectivity index (χ1v) is 12.8. The van der Waals surface area contributed by atoms with Crippen molar-refractivity contribution in [1.29, 1.82) is 0 Å². The lowest BCUT2D eigenvalue weighted by Gasteiger charge is -2.61. The molecule has 1 heterocycles. The maximum atomic E-state index is 13.1. The number of hydrogen-bond acceptors (Lipinski definition) is 3. The molecule has 28 heavy (non-hydrogen) atoms. The van der Waals surface area contributed by atoms with Crippen molar-refractivity contribution in [3.8, 4) is 0 Å². The molecule has 4 saturated carbocycles. The Hall–Kier alpha value is -0.910. The van der Waals surface area contributed by atoms with Crippen molar-refractivity contribution in [2.24, 2.45) is 17.8 Å². The van der Waals surface area contributed by atoms with Crippen molar-refractivity contribution in [2.45, 2.75) is 68.7 Å². The van der Waals surface area contributed by atoms with Crippen LogP contribution in [0.3, 0.4) is 0 Å². The molecule has 5 aliphatic rings. The zero-order valence-corrected chi connectivity index (χ0v) is 18.0. The fourth-order valence-corrected chi connectivity index (χ4v) is 8.54. The van der Waals surface area contributed by atoms with Crippen LogP contribution in [0.1, 0.15) is 57.4 Å². The molecule has 0 N–H and O–H groups in total. The van der Waals surface area contributed by atoms with Gasteiger partial charge in [0, 0.05) is 31.7 Å². The molecule has 0 spiro atoms. The predicted octanol–water partition coefficient (Wildman–Crippen LogP) is 3.91. The largest absolute Gasteiger partial charge is 0.295 e. The lowest BCUT2D eigenvalue weighted by atomic mass is 9.52. The lowest BCUT2D eigenvalue weighted by Crippen LogP contribution is -2.64. The fraction of sp³-hybridized carbons (Fsp3) is 0.739. The second kappa shape index (κ2) is 7.10. The highest BCUT2D eigenvalue weighted by molar-refractivity contribution is 7.89. The summed E-state index contributed by atoms with van der Waals surface area (Å²) in [5.41, 5.74) is 1.61. The summed E-state index contributed by atoms with van der Waals surface area (Å²) in [7, 11) is -3.37. The average Bonchev–Trinajstić information content (AvgIpc) is 2.68. The van der Waals surface area contributed by atoms with Gasteiger partial charge in [0.1, 0.15) is 0 Å². The first-order valence-electron chi connectivity index (χ1n) is 11.3.